The third kappa shape index (κ3) is 5.21. The zero-order valence-electron chi connectivity index (χ0n) is 23.8. The number of benzene rings is 3. The van der Waals surface area contributed by atoms with Crippen molar-refractivity contribution in [1.29, 1.82) is 0 Å². The Kier molecular flexibility index (Phi) is 7.50. The van der Waals surface area contributed by atoms with Crippen LogP contribution in [0.3, 0.4) is 0 Å². The van der Waals surface area contributed by atoms with Crippen molar-refractivity contribution in [3.8, 4) is 17.2 Å². The molecule has 1 aliphatic heterocycles. The first-order chi connectivity index (χ1) is 19.8. The van der Waals surface area contributed by atoms with E-state index in [1.807, 2.05) is 6.92 Å². The highest BCUT2D eigenvalue weighted by Crippen LogP contribution is 2.44. The van der Waals surface area contributed by atoms with Gasteiger partial charge in [0.05, 0.1) is 29.0 Å². The van der Waals surface area contributed by atoms with Crippen LogP contribution in [0.1, 0.15) is 49.5 Å². The fourth-order valence-corrected chi connectivity index (χ4v) is 6.06. The molecule has 2 heterocycles. The average Bonchev–Trinajstić information content (AvgIpc) is 3.60. The second kappa shape index (κ2) is 10.8. The largest absolute Gasteiger partial charge is 0.468 e. The first-order valence-corrected chi connectivity index (χ1v) is 14.6. The molecule has 0 bridgehead atoms. The van der Waals surface area contributed by atoms with Crippen molar-refractivity contribution in [2.45, 2.75) is 44.6 Å². The molecule has 4 aromatic rings. The minimum atomic E-state index is -4.05. The lowest BCUT2D eigenvalue weighted by atomic mass is 9.86. The Morgan fingerprint density at radius 2 is 1.67 bits per heavy atom. The van der Waals surface area contributed by atoms with Gasteiger partial charge in [-0.15, -0.1) is 0 Å². The minimum absolute atomic E-state index is 0.0110. The molecule has 0 aliphatic carbocycles. The monoisotopic (exact) mass is 593 g/mol. The van der Waals surface area contributed by atoms with Crippen LogP contribution in [0.25, 0.3) is 10.9 Å². The molecule has 3 aromatic carbocycles. The molecule has 0 fully saturated rings. The van der Waals surface area contributed by atoms with Gasteiger partial charge >= 0.3 is 11.9 Å². The van der Waals surface area contributed by atoms with E-state index < -0.39 is 39.4 Å². The smallest absolute Gasteiger partial charge is 0.316 e. The van der Waals surface area contributed by atoms with Crippen LogP contribution >= 0.6 is 0 Å². The summed E-state index contributed by atoms with van der Waals surface area (Å²) in [4.78, 5) is 26.5. The van der Waals surface area contributed by atoms with Crippen LogP contribution in [-0.4, -0.2) is 43.3 Å². The summed E-state index contributed by atoms with van der Waals surface area (Å²) in [5, 5.41) is 11.9. The lowest BCUT2D eigenvalue weighted by molar-refractivity contribution is -0.146. The molecule has 1 aromatic heterocycles. The number of aliphatic hydroxyl groups excluding tert-OH is 1. The number of carbonyl (C=O) groups excluding carboxylic acids is 2. The first kappa shape index (κ1) is 29.2. The highest BCUT2D eigenvalue weighted by Gasteiger charge is 2.38. The second-order valence-corrected chi connectivity index (χ2v) is 12.9. The van der Waals surface area contributed by atoms with Crippen LogP contribution < -0.4 is 14.2 Å². The lowest BCUT2D eigenvalue weighted by Gasteiger charge is -2.25. The Labute approximate surface area is 243 Å². The third-order valence-corrected chi connectivity index (χ3v) is 8.76. The summed E-state index contributed by atoms with van der Waals surface area (Å²) < 4.78 is 50.1. The van der Waals surface area contributed by atoms with Crippen molar-refractivity contribution in [2.24, 2.45) is 5.41 Å². The summed E-state index contributed by atoms with van der Waals surface area (Å²) in [5.41, 5.74) is 0.626. The maximum Gasteiger partial charge on any atom is 0.316 e. The van der Waals surface area contributed by atoms with Crippen molar-refractivity contribution in [3.05, 3.63) is 83.6 Å². The number of rotatable bonds is 7. The Hall–Kier alpha value is -4.35. The van der Waals surface area contributed by atoms with E-state index in [1.54, 1.807) is 51.1 Å². The zero-order valence-corrected chi connectivity index (χ0v) is 24.6. The average molecular weight is 594 g/mol. The number of esters is 2. The highest BCUT2D eigenvalue weighted by atomic mass is 32.2. The molecule has 2 atom stereocenters. The summed E-state index contributed by atoms with van der Waals surface area (Å²) in [6.45, 7) is 6.91. The lowest BCUT2D eigenvalue weighted by Crippen LogP contribution is -2.28. The number of hydrogen-bond donors (Lipinski definition) is 1. The third-order valence-electron chi connectivity index (χ3n) is 7.05. The maximum absolute atomic E-state index is 13.7. The number of fused-ring (bicyclic) bond motifs is 2. The molecular formula is C31H31NO9S. The van der Waals surface area contributed by atoms with Crippen LogP contribution in [0.2, 0.25) is 0 Å². The summed E-state index contributed by atoms with van der Waals surface area (Å²) >= 11 is 0. The molecule has 220 valence electrons. The Balaban J connectivity index is 1.72. The summed E-state index contributed by atoms with van der Waals surface area (Å²) in [6.07, 6.45) is -0.137. The molecular weight excluding hydrogens is 562 g/mol. The van der Waals surface area contributed by atoms with E-state index in [0.29, 0.717) is 17.1 Å². The molecule has 2 unspecified atom stereocenters. The Bertz CT molecular complexity index is 1780. The van der Waals surface area contributed by atoms with E-state index in [9.17, 15) is 23.1 Å². The molecule has 0 saturated carbocycles. The minimum Gasteiger partial charge on any atom is -0.468 e. The molecule has 1 N–H and O–H groups in total. The zero-order chi connectivity index (χ0) is 30.4. The van der Waals surface area contributed by atoms with Gasteiger partial charge < -0.3 is 24.1 Å². The molecule has 42 heavy (non-hydrogen) atoms. The van der Waals surface area contributed by atoms with Gasteiger partial charge in [-0.1, -0.05) is 23.8 Å². The first-order valence-electron chi connectivity index (χ1n) is 13.2. The molecule has 0 saturated heterocycles. The summed E-state index contributed by atoms with van der Waals surface area (Å²) in [5.74, 6) is -1.96. The van der Waals surface area contributed by atoms with E-state index in [4.69, 9.17) is 18.9 Å². The van der Waals surface area contributed by atoms with Crippen molar-refractivity contribution < 1.29 is 42.1 Å². The van der Waals surface area contributed by atoms with Gasteiger partial charge in [-0.3, -0.25) is 9.59 Å². The number of carbonyl (C=O) groups is 2. The van der Waals surface area contributed by atoms with Crippen LogP contribution in [0, 0.1) is 12.3 Å². The number of ether oxygens (including phenoxy) is 4. The van der Waals surface area contributed by atoms with E-state index >= 15 is 0 Å². The number of methoxy groups -OCH3 is 1. The van der Waals surface area contributed by atoms with Crippen LogP contribution in [0.15, 0.2) is 71.8 Å². The Morgan fingerprint density at radius 3 is 2.33 bits per heavy atom. The molecule has 0 radical (unpaired) electrons. The quantitative estimate of drug-likeness (QED) is 0.236. The van der Waals surface area contributed by atoms with E-state index in [-0.39, 0.29) is 33.9 Å². The fourth-order valence-electron chi connectivity index (χ4n) is 4.71. The standard InChI is InChI=1S/C31H31NO9S/c1-18-6-9-20(10-7-18)42(36,37)32-15-14-21-22(32)11-13-24(41-30(35)31(2,3)4)26(21)27(29(34)38-5)28(33)19-8-12-23-25(16-19)40-17-39-23/h6-16,27-28,33H,17H2,1-5H3. The van der Waals surface area contributed by atoms with Crippen molar-refractivity contribution in [2.75, 3.05) is 13.9 Å². The predicted molar refractivity (Wildman–Crippen MR) is 153 cm³/mol. The molecule has 5 rings (SSSR count). The van der Waals surface area contributed by atoms with Crippen LogP contribution in [0.5, 0.6) is 17.2 Å². The van der Waals surface area contributed by atoms with Gasteiger partial charge in [0.2, 0.25) is 6.79 Å². The van der Waals surface area contributed by atoms with Crippen LogP contribution in [0.4, 0.5) is 0 Å². The normalized spacial score (nSPS) is 14.4. The fraction of sp³-hybridized carbons (Fsp3) is 0.290. The number of nitrogens with zero attached hydrogens (tertiary/aromatic N) is 1. The van der Waals surface area contributed by atoms with Gasteiger partial charge in [0.1, 0.15) is 11.7 Å². The molecule has 0 amide bonds. The van der Waals surface area contributed by atoms with Gasteiger partial charge in [0.25, 0.3) is 10.0 Å². The maximum atomic E-state index is 13.7. The molecule has 1 aliphatic rings. The van der Waals surface area contributed by atoms with Gasteiger partial charge in [-0.25, -0.2) is 12.4 Å². The van der Waals surface area contributed by atoms with E-state index in [2.05, 4.69) is 0 Å². The summed E-state index contributed by atoms with van der Waals surface area (Å²) in [7, 11) is -2.87. The topological polar surface area (TPSA) is 130 Å². The predicted octanol–water partition coefficient (Wildman–Crippen LogP) is 4.86. The van der Waals surface area contributed by atoms with Gasteiger partial charge in [0.15, 0.2) is 11.5 Å². The van der Waals surface area contributed by atoms with Gasteiger partial charge in [-0.2, -0.15) is 0 Å². The number of hydrogen-bond acceptors (Lipinski definition) is 9. The van der Waals surface area contributed by atoms with E-state index in [0.717, 1.165) is 9.54 Å². The Morgan fingerprint density at radius 1 is 0.976 bits per heavy atom. The van der Waals surface area contributed by atoms with Gasteiger partial charge in [-0.05, 0) is 75.7 Å². The van der Waals surface area contributed by atoms with Crippen molar-refractivity contribution in [1.82, 2.24) is 3.97 Å². The van der Waals surface area contributed by atoms with Crippen LogP contribution in [-0.2, 0) is 24.3 Å². The number of aryl methyl sites for hydroxylation is 1. The summed E-state index contributed by atoms with van der Waals surface area (Å²) in [6, 6.07) is 15.6. The van der Waals surface area contributed by atoms with E-state index in [1.165, 1.54) is 43.6 Å². The molecule has 0 spiro atoms. The molecule has 11 heteroatoms. The molecule has 10 nitrogen and oxygen atoms in total. The van der Waals surface area contributed by atoms with Crippen molar-refractivity contribution in [3.63, 3.8) is 0 Å². The van der Waals surface area contributed by atoms with Gasteiger partial charge in [0, 0.05) is 17.1 Å². The SMILES string of the molecule is COC(=O)C(c1c(OC(=O)C(C)(C)C)ccc2c1ccn2S(=O)(=O)c1ccc(C)cc1)C(O)c1ccc2c(c1)OCO2. The number of aliphatic hydroxyl groups is 1. The number of aromatic nitrogens is 1. The van der Waals surface area contributed by atoms with Crippen molar-refractivity contribution >= 4 is 32.9 Å². The highest BCUT2D eigenvalue weighted by molar-refractivity contribution is 7.90. The second-order valence-electron chi connectivity index (χ2n) is 11.0.